The summed E-state index contributed by atoms with van der Waals surface area (Å²) in [5.74, 6) is 0. The van der Waals surface area contributed by atoms with Crippen LogP contribution < -0.4 is 0 Å². The van der Waals surface area contributed by atoms with Gasteiger partial charge in [0.1, 0.15) is 0 Å². The first kappa shape index (κ1) is 30.6. The molecule has 0 aromatic rings. The van der Waals surface area contributed by atoms with Gasteiger partial charge in [0.15, 0.2) is 0 Å². The van der Waals surface area contributed by atoms with Crippen LogP contribution in [0.25, 0.3) is 0 Å². The Kier molecular flexibility index (Phi) is 254. The number of hydrogen-bond donors (Lipinski definition) is 0. The lowest BCUT2D eigenvalue weighted by Gasteiger charge is -1.76. The average Bonchev–Trinajstić information content (AvgIpc) is 1.94. The van der Waals surface area contributed by atoms with Crippen molar-refractivity contribution in [3.8, 4) is 0 Å². The summed E-state index contributed by atoms with van der Waals surface area (Å²) in [6, 6.07) is 0. The Labute approximate surface area is 75.2 Å². The van der Waals surface area contributed by atoms with E-state index in [0.717, 1.165) is 6.61 Å². The molecule has 0 saturated heterocycles. The Morgan fingerprint density at radius 1 is 0.909 bits per heavy atom. The standard InChI is InChI=1S/C3H8O.C3H8.C2H6.2CH4/c1-3-4-2;1-3-2;1-2;;/h3H2,1-2H3;3H2,1-2H3;1-2H3;2*1H4. The van der Waals surface area contributed by atoms with Crippen molar-refractivity contribution < 1.29 is 4.74 Å². The number of hydrogen-bond acceptors (Lipinski definition) is 1. The van der Waals surface area contributed by atoms with Crippen molar-refractivity contribution in [2.24, 2.45) is 0 Å². The predicted octanol–water partition coefficient (Wildman–Crippen LogP) is 4.37. The lowest BCUT2D eigenvalue weighted by atomic mass is 10.6. The van der Waals surface area contributed by atoms with E-state index in [9.17, 15) is 0 Å². The molecule has 0 aliphatic carbocycles. The maximum absolute atomic E-state index is 4.54. The monoisotopic (exact) mass is 166 g/mol. The molecule has 0 rings (SSSR count). The topological polar surface area (TPSA) is 9.23 Å². The maximum atomic E-state index is 4.54. The fraction of sp³-hybridized carbons (Fsp3) is 1.00. The van der Waals surface area contributed by atoms with Gasteiger partial charge in [-0.25, -0.2) is 0 Å². The normalized spacial score (nSPS) is 4.91. The second kappa shape index (κ2) is 91.3. The molecule has 0 bridgehead atoms. The molecule has 1 heteroatoms. The molecule has 0 saturated carbocycles. The van der Waals surface area contributed by atoms with Crippen LogP contribution in [0.2, 0.25) is 0 Å². The van der Waals surface area contributed by atoms with Gasteiger partial charge in [-0.3, -0.25) is 0 Å². The van der Waals surface area contributed by atoms with Crippen LogP contribution in [0.4, 0.5) is 0 Å². The Balaban J connectivity index is -0.0000000158. The number of rotatable bonds is 1. The van der Waals surface area contributed by atoms with Crippen LogP contribution in [0, 0.1) is 0 Å². The molecule has 0 aromatic carbocycles. The van der Waals surface area contributed by atoms with Gasteiger partial charge in [0, 0.05) is 13.7 Å². The van der Waals surface area contributed by atoms with E-state index < -0.39 is 0 Å². The van der Waals surface area contributed by atoms with Crippen LogP contribution in [-0.2, 0) is 4.74 Å². The van der Waals surface area contributed by atoms with Crippen LogP contribution in [0.15, 0.2) is 0 Å². The van der Waals surface area contributed by atoms with Gasteiger partial charge in [0.05, 0.1) is 0 Å². The Hall–Kier alpha value is -0.0400. The van der Waals surface area contributed by atoms with Crippen LogP contribution >= 0.6 is 0 Å². The van der Waals surface area contributed by atoms with Crippen molar-refractivity contribution in [1.29, 1.82) is 0 Å². The summed E-state index contributed by atoms with van der Waals surface area (Å²) in [6.45, 7) is 11.0. The van der Waals surface area contributed by atoms with Gasteiger partial charge in [0.2, 0.25) is 0 Å². The van der Waals surface area contributed by atoms with E-state index in [1.807, 2.05) is 20.8 Å². The molecular formula is C10H30O. The van der Waals surface area contributed by atoms with E-state index in [4.69, 9.17) is 0 Å². The molecule has 0 amide bonds. The Bertz CT molecular complexity index is 12.3. The molecule has 76 valence electrons. The molecule has 0 radical (unpaired) electrons. The third kappa shape index (κ3) is 685. The molecule has 0 heterocycles. The molecule has 1 nitrogen and oxygen atoms in total. The van der Waals surface area contributed by atoms with E-state index >= 15 is 0 Å². The molecule has 0 fully saturated rings. The summed E-state index contributed by atoms with van der Waals surface area (Å²) in [7, 11) is 1.68. The summed E-state index contributed by atoms with van der Waals surface area (Å²) < 4.78 is 4.54. The number of ether oxygens (including phenoxy) is 1. The third-order valence-electron chi connectivity index (χ3n) is 0.289. The maximum Gasteiger partial charge on any atom is 0.0433 e. The van der Waals surface area contributed by atoms with Gasteiger partial charge < -0.3 is 4.74 Å². The zero-order chi connectivity index (χ0) is 8.12. The second-order valence-corrected chi connectivity index (χ2v) is 1.28. The smallest absolute Gasteiger partial charge is 0.0433 e. The van der Waals surface area contributed by atoms with Gasteiger partial charge in [-0.1, -0.05) is 49.0 Å². The molecule has 0 atom stereocenters. The lowest BCUT2D eigenvalue weighted by Crippen LogP contribution is -1.73. The van der Waals surface area contributed by atoms with Gasteiger partial charge in [-0.05, 0) is 6.92 Å². The first-order valence-electron chi connectivity index (χ1n) is 3.82. The highest BCUT2D eigenvalue weighted by molar-refractivity contribution is 3.94. The van der Waals surface area contributed by atoms with E-state index in [1.54, 1.807) is 7.11 Å². The Morgan fingerprint density at radius 2 is 1.00 bits per heavy atom. The van der Waals surface area contributed by atoms with Gasteiger partial charge >= 0.3 is 0 Å². The highest BCUT2D eigenvalue weighted by atomic mass is 16.5. The lowest BCUT2D eigenvalue weighted by molar-refractivity contribution is 0.215. The molecular weight excluding hydrogens is 136 g/mol. The van der Waals surface area contributed by atoms with Crippen molar-refractivity contribution in [2.75, 3.05) is 13.7 Å². The molecule has 0 N–H and O–H groups in total. The summed E-state index contributed by atoms with van der Waals surface area (Å²) in [5.41, 5.74) is 0. The molecule has 11 heavy (non-hydrogen) atoms. The van der Waals surface area contributed by atoms with Crippen LogP contribution in [0.3, 0.4) is 0 Å². The van der Waals surface area contributed by atoms with Crippen molar-refractivity contribution in [3.63, 3.8) is 0 Å². The second-order valence-electron chi connectivity index (χ2n) is 1.28. The zero-order valence-corrected chi connectivity index (χ0v) is 7.82. The van der Waals surface area contributed by atoms with Crippen LogP contribution in [0.1, 0.15) is 55.9 Å². The molecule has 0 aliphatic heterocycles. The fourth-order valence-electron chi connectivity index (χ4n) is 0. The predicted molar refractivity (Wildman–Crippen MR) is 58.3 cm³/mol. The van der Waals surface area contributed by atoms with Crippen LogP contribution in [0.5, 0.6) is 0 Å². The molecule has 0 aromatic heterocycles. The highest BCUT2D eigenvalue weighted by Crippen LogP contribution is 1.56. The quantitative estimate of drug-likeness (QED) is 0.562. The molecule has 0 unspecified atom stereocenters. The van der Waals surface area contributed by atoms with Gasteiger partial charge in [-0.15, -0.1) is 0 Å². The van der Waals surface area contributed by atoms with E-state index in [1.165, 1.54) is 6.42 Å². The summed E-state index contributed by atoms with van der Waals surface area (Å²) in [4.78, 5) is 0. The minimum atomic E-state index is 0. The largest absolute Gasteiger partial charge is 0.385 e. The number of methoxy groups -OCH3 is 1. The fourth-order valence-corrected chi connectivity index (χ4v) is 0. The average molecular weight is 166 g/mol. The minimum Gasteiger partial charge on any atom is -0.385 e. The Morgan fingerprint density at radius 3 is 1.00 bits per heavy atom. The van der Waals surface area contributed by atoms with Crippen molar-refractivity contribution in [1.82, 2.24) is 0 Å². The van der Waals surface area contributed by atoms with Crippen molar-refractivity contribution in [3.05, 3.63) is 0 Å². The third-order valence-corrected chi connectivity index (χ3v) is 0.289. The SMILES string of the molecule is C.C.CC.CCC.CCOC. The van der Waals surface area contributed by atoms with E-state index in [-0.39, 0.29) is 14.9 Å². The van der Waals surface area contributed by atoms with Gasteiger partial charge in [0.25, 0.3) is 0 Å². The summed E-state index contributed by atoms with van der Waals surface area (Å²) in [5, 5.41) is 0. The summed E-state index contributed by atoms with van der Waals surface area (Å²) in [6.07, 6.45) is 1.25. The summed E-state index contributed by atoms with van der Waals surface area (Å²) >= 11 is 0. The van der Waals surface area contributed by atoms with Crippen LogP contribution in [-0.4, -0.2) is 13.7 Å². The molecule has 0 aliphatic rings. The van der Waals surface area contributed by atoms with Crippen molar-refractivity contribution >= 4 is 0 Å². The molecule has 0 spiro atoms. The van der Waals surface area contributed by atoms with Crippen molar-refractivity contribution in [2.45, 2.75) is 55.9 Å². The van der Waals surface area contributed by atoms with Gasteiger partial charge in [-0.2, -0.15) is 0 Å². The zero-order valence-electron chi connectivity index (χ0n) is 7.82. The first-order valence-corrected chi connectivity index (χ1v) is 3.82. The first-order chi connectivity index (χ1) is 4.33. The van der Waals surface area contributed by atoms with E-state index in [0.29, 0.717) is 0 Å². The minimum absolute atomic E-state index is 0. The highest BCUT2D eigenvalue weighted by Gasteiger charge is 1.51. The van der Waals surface area contributed by atoms with E-state index in [2.05, 4.69) is 18.6 Å².